The molecule has 100 valence electrons. The molecule has 0 aliphatic heterocycles. The van der Waals surface area contributed by atoms with E-state index in [1.54, 1.807) is 24.3 Å². The summed E-state index contributed by atoms with van der Waals surface area (Å²) < 4.78 is 5.34. The van der Waals surface area contributed by atoms with E-state index in [1.165, 1.54) is 0 Å². The van der Waals surface area contributed by atoms with Crippen molar-refractivity contribution >= 4 is 11.8 Å². The first-order chi connectivity index (χ1) is 9.04. The Morgan fingerprint density at radius 3 is 2.32 bits per heavy atom. The van der Waals surface area contributed by atoms with Crippen LogP contribution in [0.15, 0.2) is 24.3 Å². The van der Waals surface area contributed by atoms with E-state index in [4.69, 9.17) is 21.5 Å². The summed E-state index contributed by atoms with van der Waals surface area (Å²) >= 11 is 0. The highest BCUT2D eigenvalue weighted by Gasteiger charge is 2.20. The second-order valence-corrected chi connectivity index (χ2v) is 3.68. The molecule has 0 fully saturated rings. The van der Waals surface area contributed by atoms with Gasteiger partial charge in [0, 0.05) is 6.54 Å². The first-order valence-corrected chi connectivity index (χ1v) is 5.49. The number of rotatable bonds is 7. The summed E-state index contributed by atoms with van der Waals surface area (Å²) in [6.45, 7) is 0.458. The maximum atomic E-state index is 10.9. The number of carbonyl (C=O) groups is 2. The van der Waals surface area contributed by atoms with Crippen LogP contribution in [0.3, 0.4) is 0 Å². The first kappa shape index (κ1) is 14.5. The third-order valence-electron chi connectivity index (χ3n) is 2.27. The van der Waals surface area contributed by atoms with Gasteiger partial charge in [-0.2, -0.15) is 5.26 Å². The van der Waals surface area contributed by atoms with Gasteiger partial charge in [-0.3, -0.25) is 14.9 Å². The summed E-state index contributed by atoms with van der Waals surface area (Å²) in [5.74, 6) is -1.08. The summed E-state index contributed by atoms with van der Waals surface area (Å²) in [5, 5.41) is 11.2. The van der Waals surface area contributed by atoms with Gasteiger partial charge in [0.2, 0.25) is 11.8 Å². The van der Waals surface area contributed by atoms with Crippen molar-refractivity contribution in [1.82, 2.24) is 5.32 Å². The highest BCUT2D eigenvalue weighted by molar-refractivity contribution is 6.02. The van der Waals surface area contributed by atoms with Crippen molar-refractivity contribution in [2.75, 3.05) is 13.2 Å². The lowest BCUT2D eigenvalue weighted by molar-refractivity contribution is -0.128. The molecule has 2 amide bonds. The molecule has 5 N–H and O–H groups in total. The Morgan fingerprint density at radius 2 is 1.84 bits per heavy atom. The van der Waals surface area contributed by atoms with Crippen molar-refractivity contribution in [3.8, 4) is 11.8 Å². The van der Waals surface area contributed by atoms with Gasteiger partial charge in [-0.15, -0.1) is 0 Å². The predicted octanol–water partition coefficient (Wildman–Crippen LogP) is -1.13. The van der Waals surface area contributed by atoms with Gasteiger partial charge in [0.05, 0.1) is 11.6 Å². The SMILES string of the molecule is N#Cc1ccc(OCCNC(C(N)=O)C(N)=O)cc1. The second-order valence-electron chi connectivity index (χ2n) is 3.68. The molecule has 0 aliphatic rings. The average molecular weight is 262 g/mol. The molecule has 1 rings (SSSR count). The number of nitrogens with zero attached hydrogens (tertiary/aromatic N) is 1. The molecule has 19 heavy (non-hydrogen) atoms. The summed E-state index contributed by atoms with van der Waals surface area (Å²) in [4.78, 5) is 21.7. The molecule has 0 heterocycles. The zero-order valence-corrected chi connectivity index (χ0v) is 10.1. The Bertz CT molecular complexity index is 479. The van der Waals surface area contributed by atoms with Crippen LogP contribution in [0.5, 0.6) is 5.75 Å². The fraction of sp³-hybridized carbons (Fsp3) is 0.250. The van der Waals surface area contributed by atoms with E-state index in [1.807, 2.05) is 6.07 Å². The quantitative estimate of drug-likeness (QED) is 0.422. The van der Waals surface area contributed by atoms with E-state index in [0.29, 0.717) is 11.3 Å². The molecule has 0 saturated carbocycles. The third-order valence-corrected chi connectivity index (χ3v) is 2.27. The largest absolute Gasteiger partial charge is 0.492 e. The maximum absolute atomic E-state index is 10.9. The van der Waals surface area contributed by atoms with Crippen molar-refractivity contribution in [3.05, 3.63) is 29.8 Å². The minimum atomic E-state index is -1.20. The highest BCUT2D eigenvalue weighted by atomic mass is 16.5. The third kappa shape index (κ3) is 4.65. The van der Waals surface area contributed by atoms with Crippen LogP contribution in [-0.2, 0) is 9.59 Å². The lowest BCUT2D eigenvalue weighted by Crippen LogP contribution is -2.51. The van der Waals surface area contributed by atoms with Crippen LogP contribution in [0, 0.1) is 11.3 Å². The fourth-order valence-corrected chi connectivity index (χ4v) is 1.34. The minimum Gasteiger partial charge on any atom is -0.492 e. The van der Waals surface area contributed by atoms with Crippen molar-refractivity contribution in [2.45, 2.75) is 6.04 Å². The zero-order chi connectivity index (χ0) is 14.3. The van der Waals surface area contributed by atoms with Gasteiger partial charge >= 0.3 is 0 Å². The predicted molar refractivity (Wildman–Crippen MR) is 66.8 cm³/mol. The Labute approximate surface area is 110 Å². The smallest absolute Gasteiger partial charge is 0.244 e. The van der Waals surface area contributed by atoms with Crippen LogP contribution < -0.4 is 21.5 Å². The number of primary amides is 2. The van der Waals surface area contributed by atoms with Gasteiger partial charge in [0.15, 0.2) is 6.04 Å². The molecule has 7 nitrogen and oxygen atoms in total. The van der Waals surface area contributed by atoms with Crippen molar-refractivity contribution < 1.29 is 14.3 Å². The molecule has 0 spiro atoms. The molecule has 0 aliphatic carbocycles. The fourth-order valence-electron chi connectivity index (χ4n) is 1.34. The standard InChI is InChI=1S/C12H14N4O3/c13-7-8-1-3-9(4-2-8)19-6-5-16-10(11(14)17)12(15)18/h1-4,10,16H,5-6H2,(H2,14,17)(H2,15,18). The van der Waals surface area contributed by atoms with Gasteiger partial charge in [0.25, 0.3) is 0 Å². The monoisotopic (exact) mass is 262 g/mol. The van der Waals surface area contributed by atoms with E-state index >= 15 is 0 Å². The van der Waals surface area contributed by atoms with Crippen LogP contribution >= 0.6 is 0 Å². The maximum Gasteiger partial charge on any atom is 0.244 e. The van der Waals surface area contributed by atoms with Crippen LogP contribution in [0.1, 0.15) is 5.56 Å². The molecular weight excluding hydrogens is 248 g/mol. The van der Waals surface area contributed by atoms with E-state index < -0.39 is 17.9 Å². The number of hydrogen-bond acceptors (Lipinski definition) is 5. The molecule has 7 heteroatoms. The molecule has 0 atom stereocenters. The molecule has 0 saturated heterocycles. The Morgan fingerprint density at radius 1 is 1.26 bits per heavy atom. The highest BCUT2D eigenvalue weighted by Crippen LogP contribution is 2.10. The first-order valence-electron chi connectivity index (χ1n) is 5.49. The normalized spacial score (nSPS) is 9.89. The lowest BCUT2D eigenvalue weighted by atomic mass is 10.2. The second kappa shape index (κ2) is 6.98. The summed E-state index contributed by atoms with van der Waals surface area (Å²) in [6.07, 6.45) is 0. The number of hydrogen-bond donors (Lipinski definition) is 3. The van der Waals surface area contributed by atoms with E-state index in [9.17, 15) is 9.59 Å². The molecule has 0 radical (unpaired) electrons. The average Bonchev–Trinajstić information content (AvgIpc) is 2.38. The number of ether oxygens (including phenoxy) is 1. The van der Waals surface area contributed by atoms with Crippen molar-refractivity contribution in [2.24, 2.45) is 11.5 Å². The lowest BCUT2D eigenvalue weighted by Gasteiger charge is -2.12. The van der Waals surface area contributed by atoms with Gasteiger partial charge in [0.1, 0.15) is 12.4 Å². The summed E-state index contributed by atoms with van der Waals surface area (Å²) in [6, 6.07) is 7.34. The van der Waals surface area contributed by atoms with Gasteiger partial charge in [-0.25, -0.2) is 0 Å². The van der Waals surface area contributed by atoms with E-state index in [2.05, 4.69) is 5.32 Å². The number of nitriles is 1. The Kier molecular flexibility index (Phi) is 5.32. The number of benzene rings is 1. The van der Waals surface area contributed by atoms with Crippen molar-refractivity contribution in [3.63, 3.8) is 0 Å². The van der Waals surface area contributed by atoms with E-state index in [0.717, 1.165) is 0 Å². The zero-order valence-electron chi connectivity index (χ0n) is 10.1. The Balaban J connectivity index is 2.36. The number of nitrogens with one attached hydrogen (secondary N) is 1. The van der Waals surface area contributed by atoms with Gasteiger partial charge in [-0.1, -0.05) is 0 Å². The Hall–Kier alpha value is -2.59. The minimum absolute atomic E-state index is 0.225. The summed E-state index contributed by atoms with van der Waals surface area (Å²) in [7, 11) is 0. The topological polar surface area (TPSA) is 131 Å². The van der Waals surface area contributed by atoms with Crippen molar-refractivity contribution in [1.29, 1.82) is 5.26 Å². The van der Waals surface area contributed by atoms with Crippen LogP contribution in [0.2, 0.25) is 0 Å². The molecule has 1 aromatic carbocycles. The van der Waals surface area contributed by atoms with E-state index in [-0.39, 0.29) is 13.2 Å². The van der Waals surface area contributed by atoms with Gasteiger partial charge in [-0.05, 0) is 24.3 Å². The number of nitrogens with two attached hydrogens (primary N) is 2. The number of amides is 2. The van der Waals surface area contributed by atoms with Gasteiger partial charge < -0.3 is 16.2 Å². The molecule has 0 aromatic heterocycles. The molecule has 0 bridgehead atoms. The number of carbonyl (C=O) groups excluding carboxylic acids is 2. The molecule has 1 aromatic rings. The van der Waals surface area contributed by atoms with Crippen LogP contribution in [-0.4, -0.2) is 31.0 Å². The van der Waals surface area contributed by atoms with Crippen LogP contribution in [0.4, 0.5) is 0 Å². The molecular formula is C12H14N4O3. The summed E-state index contributed by atoms with van der Waals surface area (Å²) in [5.41, 5.74) is 10.5. The van der Waals surface area contributed by atoms with Crippen LogP contribution in [0.25, 0.3) is 0 Å². The molecule has 0 unspecified atom stereocenters.